The van der Waals surface area contributed by atoms with Crippen LogP contribution in [0.5, 0.6) is 0 Å². The Hall–Kier alpha value is -2.14. The Morgan fingerprint density at radius 2 is 2.18 bits per heavy atom. The largest absolute Gasteiger partial charge is 0.462 e. The number of carbonyl (C=O) groups is 2. The van der Waals surface area contributed by atoms with Crippen molar-refractivity contribution >= 4 is 34.8 Å². The van der Waals surface area contributed by atoms with E-state index in [9.17, 15) is 14.4 Å². The van der Waals surface area contributed by atoms with Crippen LogP contribution in [0.3, 0.4) is 0 Å². The van der Waals surface area contributed by atoms with Crippen molar-refractivity contribution in [1.82, 2.24) is 4.57 Å². The lowest BCUT2D eigenvalue weighted by atomic mass is 10.1. The molecule has 1 fully saturated rings. The van der Waals surface area contributed by atoms with Crippen molar-refractivity contribution in [2.24, 2.45) is 0 Å². The number of fused-ring (bicyclic) bond motifs is 1. The molecule has 0 unspecified atom stereocenters. The molecule has 0 atom stereocenters. The molecule has 22 heavy (non-hydrogen) atoms. The molecule has 0 aliphatic heterocycles. The molecule has 2 aromatic rings. The molecule has 0 spiro atoms. The van der Waals surface area contributed by atoms with Crippen LogP contribution in [0.4, 0.5) is 0 Å². The van der Waals surface area contributed by atoms with Crippen LogP contribution in [0.15, 0.2) is 23.1 Å². The van der Waals surface area contributed by atoms with Crippen LogP contribution in [-0.4, -0.2) is 23.4 Å². The number of nitrogens with zero attached hydrogens (tertiary/aromatic N) is 1. The zero-order valence-electron chi connectivity index (χ0n) is 12.0. The minimum absolute atomic E-state index is 0.0135. The Kier molecular flexibility index (Phi) is 3.74. The molecule has 1 heterocycles. The summed E-state index contributed by atoms with van der Waals surface area (Å²) in [6, 6.07) is 3.23. The normalized spacial score (nSPS) is 14.1. The zero-order chi connectivity index (χ0) is 15.9. The van der Waals surface area contributed by atoms with Crippen LogP contribution in [0.2, 0.25) is 5.02 Å². The fraction of sp³-hybridized carbons (Fsp3) is 0.312. The first-order valence-electron chi connectivity index (χ1n) is 7.08. The Morgan fingerprint density at radius 1 is 1.45 bits per heavy atom. The molecule has 0 amide bonds. The Labute approximate surface area is 131 Å². The Balaban J connectivity index is 2.38. The van der Waals surface area contributed by atoms with E-state index in [0.717, 1.165) is 12.8 Å². The lowest BCUT2D eigenvalue weighted by Crippen LogP contribution is -2.21. The second-order valence-electron chi connectivity index (χ2n) is 5.21. The van der Waals surface area contributed by atoms with Gasteiger partial charge in [-0.15, -0.1) is 0 Å². The number of ether oxygens (including phenoxy) is 1. The fourth-order valence-electron chi connectivity index (χ4n) is 2.56. The highest BCUT2D eigenvalue weighted by Gasteiger charge is 2.28. The average molecular weight is 320 g/mol. The predicted molar refractivity (Wildman–Crippen MR) is 82.8 cm³/mol. The fourth-order valence-corrected chi connectivity index (χ4v) is 2.76. The molecule has 0 radical (unpaired) electrons. The van der Waals surface area contributed by atoms with Gasteiger partial charge in [0.05, 0.1) is 22.7 Å². The molecule has 0 saturated heterocycles. The number of pyridine rings is 1. The van der Waals surface area contributed by atoms with Gasteiger partial charge in [-0.3, -0.25) is 9.59 Å². The topological polar surface area (TPSA) is 65.4 Å². The highest BCUT2D eigenvalue weighted by atomic mass is 35.5. The van der Waals surface area contributed by atoms with Gasteiger partial charge in [0.15, 0.2) is 6.29 Å². The molecule has 3 rings (SSSR count). The first-order valence-corrected chi connectivity index (χ1v) is 7.46. The SMILES string of the molecule is CCOC(=O)c1cn(C2CC2)c2c(C=O)c(Cl)ccc2c1=O. The van der Waals surface area contributed by atoms with Gasteiger partial charge in [-0.05, 0) is 31.9 Å². The number of carbonyl (C=O) groups excluding carboxylic acids is 2. The van der Waals surface area contributed by atoms with E-state index in [-0.39, 0.29) is 23.8 Å². The van der Waals surface area contributed by atoms with E-state index >= 15 is 0 Å². The van der Waals surface area contributed by atoms with E-state index in [1.54, 1.807) is 17.6 Å². The van der Waals surface area contributed by atoms with E-state index in [0.29, 0.717) is 22.2 Å². The summed E-state index contributed by atoms with van der Waals surface area (Å²) < 4.78 is 6.75. The summed E-state index contributed by atoms with van der Waals surface area (Å²) in [6.07, 6.45) is 4.01. The van der Waals surface area contributed by atoms with Gasteiger partial charge >= 0.3 is 5.97 Å². The second-order valence-corrected chi connectivity index (χ2v) is 5.61. The van der Waals surface area contributed by atoms with Gasteiger partial charge in [0.25, 0.3) is 0 Å². The van der Waals surface area contributed by atoms with Gasteiger partial charge in [-0.25, -0.2) is 4.79 Å². The smallest absolute Gasteiger partial charge is 0.343 e. The maximum Gasteiger partial charge on any atom is 0.343 e. The lowest BCUT2D eigenvalue weighted by Gasteiger charge is -2.14. The maximum absolute atomic E-state index is 12.5. The third-order valence-corrected chi connectivity index (χ3v) is 4.06. The number of aromatic nitrogens is 1. The van der Waals surface area contributed by atoms with Crippen molar-refractivity contribution in [2.45, 2.75) is 25.8 Å². The van der Waals surface area contributed by atoms with Crippen molar-refractivity contribution in [3.63, 3.8) is 0 Å². The second kappa shape index (κ2) is 5.57. The molecule has 6 heteroatoms. The summed E-state index contributed by atoms with van der Waals surface area (Å²) >= 11 is 6.07. The molecule has 1 saturated carbocycles. The minimum Gasteiger partial charge on any atom is -0.462 e. The van der Waals surface area contributed by atoms with Crippen molar-refractivity contribution in [1.29, 1.82) is 0 Å². The lowest BCUT2D eigenvalue weighted by molar-refractivity contribution is 0.0524. The third-order valence-electron chi connectivity index (χ3n) is 3.73. The molecule has 1 aliphatic carbocycles. The van der Waals surface area contributed by atoms with Crippen molar-refractivity contribution in [3.05, 3.63) is 44.7 Å². The van der Waals surface area contributed by atoms with Gasteiger partial charge in [0, 0.05) is 17.6 Å². The van der Waals surface area contributed by atoms with Crippen molar-refractivity contribution in [2.75, 3.05) is 6.61 Å². The molecule has 5 nitrogen and oxygen atoms in total. The van der Waals surface area contributed by atoms with Gasteiger partial charge in [0.1, 0.15) is 5.56 Å². The highest BCUT2D eigenvalue weighted by molar-refractivity contribution is 6.34. The van der Waals surface area contributed by atoms with Crippen LogP contribution in [0.25, 0.3) is 10.9 Å². The number of rotatable bonds is 4. The first kappa shape index (κ1) is 14.8. The number of hydrogen-bond donors (Lipinski definition) is 0. The molecule has 1 aromatic carbocycles. The average Bonchev–Trinajstić information content (AvgIpc) is 3.32. The summed E-state index contributed by atoms with van der Waals surface area (Å²) in [5, 5.41) is 0.601. The zero-order valence-corrected chi connectivity index (χ0v) is 12.7. The number of hydrogen-bond acceptors (Lipinski definition) is 4. The summed E-state index contributed by atoms with van der Waals surface area (Å²) in [6.45, 7) is 1.88. The molecule has 1 aromatic heterocycles. The highest BCUT2D eigenvalue weighted by Crippen LogP contribution is 2.38. The number of benzene rings is 1. The molecular weight excluding hydrogens is 306 g/mol. The van der Waals surface area contributed by atoms with E-state index in [2.05, 4.69) is 0 Å². The number of aldehydes is 1. The summed E-state index contributed by atoms with van der Waals surface area (Å²) in [4.78, 5) is 35.9. The van der Waals surface area contributed by atoms with E-state index in [4.69, 9.17) is 16.3 Å². The molecule has 0 bridgehead atoms. The van der Waals surface area contributed by atoms with Crippen LogP contribution >= 0.6 is 11.6 Å². The van der Waals surface area contributed by atoms with E-state index < -0.39 is 11.4 Å². The quantitative estimate of drug-likeness (QED) is 0.642. The monoisotopic (exact) mass is 319 g/mol. The third kappa shape index (κ3) is 2.31. The summed E-state index contributed by atoms with van der Waals surface area (Å²) in [5.41, 5.74) is 0.312. The van der Waals surface area contributed by atoms with Crippen LogP contribution < -0.4 is 5.43 Å². The molecule has 114 valence electrons. The van der Waals surface area contributed by atoms with Crippen molar-refractivity contribution in [3.8, 4) is 0 Å². The summed E-state index contributed by atoms with van der Waals surface area (Å²) in [7, 11) is 0. The maximum atomic E-state index is 12.5. The van der Waals surface area contributed by atoms with Crippen molar-refractivity contribution < 1.29 is 14.3 Å². The number of halogens is 1. The van der Waals surface area contributed by atoms with Gasteiger partial charge in [-0.2, -0.15) is 0 Å². The van der Waals surface area contributed by atoms with E-state index in [1.165, 1.54) is 12.3 Å². The Bertz CT molecular complexity index is 836. The van der Waals surface area contributed by atoms with Gasteiger partial charge in [0.2, 0.25) is 5.43 Å². The first-order chi connectivity index (χ1) is 10.6. The number of esters is 1. The molecule has 1 aliphatic rings. The van der Waals surface area contributed by atoms with Crippen LogP contribution in [-0.2, 0) is 4.74 Å². The van der Waals surface area contributed by atoms with Gasteiger partial charge in [-0.1, -0.05) is 11.6 Å². The minimum atomic E-state index is -0.647. The molecular formula is C16H14ClNO4. The predicted octanol–water partition coefficient (Wildman–Crippen LogP) is 2.98. The molecule has 0 N–H and O–H groups in total. The van der Waals surface area contributed by atoms with Crippen LogP contribution in [0.1, 0.15) is 46.5 Å². The van der Waals surface area contributed by atoms with Gasteiger partial charge < -0.3 is 9.30 Å². The van der Waals surface area contributed by atoms with E-state index in [1.807, 2.05) is 0 Å². The van der Waals surface area contributed by atoms with Crippen LogP contribution in [0, 0.1) is 0 Å². The summed E-state index contributed by atoms with van der Waals surface area (Å²) in [5.74, 6) is -0.647. The standard InChI is InChI=1S/C16H14ClNO4/c1-2-22-16(21)11-7-18(9-3-4-9)14-10(15(11)20)5-6-13(17)12(14)8-19/h5-9H,2-4H2,1H3. The Morgan fingerprint density at radius 3 is 2.77 bits per heavy atom.